The second-order valence-corrected chi connectivity index (χ2v) is 7.64. The molecule has 3 aromatic heterocycles. The Kier molecular flexibility index (Phi) is 6.54. The molecule has 0 saturated carbocycles. The van der Waals surface area contributed by atoms with Crippen LogP contribution in [0, 0.1) is 11.7 Å². The monoisotopic (exact) mass is 430 g/mol. The number of amides is 1. The number of anilines is 3. The van der Waals surface area contributed by atoms with Gasteiger partial charge in [-0.2, -0.15) is 0 Å². The van der Waals surface area contributed by atoms with E-state index in [-0.39, 0.29) is 23.2 Å². The van der Waals surface area contributed by atoms with Gasteiger partial charge in [-0.25, -0.2) is 19.0 Å². The fourth-order valence-corrected chi connectivity index (χ4v) is 3.32. The van der Waals surface area contributed by atoms with E-state index in [2.05, 4.69) is 25.7 Å². The van der Waals surface area contributed by atoms with Crippen LogP contribution in [0.25, 0.3) is 11.0 Å². The predicted octanol–water partition coefficient (Wildman–Crippen LogP) is 2.14. The summed E-state index contributed by atoms with van der Waals surface area (Å²) in [5, 5.41) is 10.9. The van der Waals surface area contributed by atoms with Crippen molar-refractivity contribution in [3.05, 3.63) is 29.7 Å². The summed E-state index contributed by atoms with van der Waals surface area (Å²) in [5.74, 6) is -0.663. The van der Waals surface area contributed by atoms with Crippen molar-refractivity contribution in [2.75, 3.05) is 24.3 Å². The molecular weight excluding hydrogens is 403 g/mol. The molecule has 3 rings (SSSR count). The third-order valence-electron chi connectivity index (χ3n) is 4.72. The zero-order valence-electron chi connectivity index (χ0n) is 17.9. The molecule has 3 aromatic rings. The highest BCUT2D eigenvalue weighted by Gasteiger charge is 2.19. The number of nitrogens with two attached hydrogens (primary N) is 2. The molecule has 0 aliphatic rings. The van der Waals surface area contributed by atoms with E-state index in [0.717, 1.165) is 12.5 Å². The predicted molar refractivity (Wildman–Crippen MR) is 117 cm³/mol. The van der Waals surface area contributed by atoms with E-state index in [0.29, 0.717) is 35.1 Å². The first-order valence-corrected chi connectivity index (χ1v) is 9.84. The van der Waals surface area contributed by atoms with Crippen LogP contribution in [-0.4, -0.2) is 45.4 Å². The maximum atomic E-state index is 14.6. The molecule has 0 bridgehead atoms. The van der Waals surface area contributed by atoms with E-state index < -0.39 is 11.7 Å². The van der Waals surface area contributed by atoms with Crippen molar-refractivity contribution >= 4 is 34.3 Å². The van der Waals surface area contributed by atoms with Gasteiger partial charge in [0.25, 0.3) is 5.91 Å². The number of pyridine rings is 2. The van der Waals surface area contributed by atoms with Gasteiger partial charge in [-0.15, -0.1) is 5.10 Å². The number of fused-ring (bicyclic) bond motifs is 1. The van der Waals surface area contributed by atoms with Gasteiger partial charge < -0.3 is 26.8 Å². The topological polar surface area (TPSA) is 146 Å². The van der Waals surface area contributed by atoms with Crippen molar-refractivity contribution in [2.45, 2.75) is 26.3 Å². The quantitative estimate of drug-likeness (QED) is 0.404. The summed E-state index contributed by atoms with van der Waals surface area (Å²) in [6, 6.07) is 2.63. The minimum absolute atomic E-state index is 0.0170. The van der Waals surface area contributed by atoms with E-state index in [1.165, 1.54) is 7.11 Å². The highest BCUT2D eigenvalue weighted by Crippen LogP contribution is 2.28. The molecular formula is C20H27FN8O2. The lowest BCUT2D eigenvalue weighted by Crippen LogP contribution is -2.31. The maximum Gasteiger partial charge on any atom is 0.252 e. The van der Waals surface area contributed by atoms with Gasteiger partial charge in [0.15, 0.2) is 17.3 Å². The molecule has 11 heteroatoms. The Balaban J connectivity index is 1.99. The van der Waals surface area contributed by atoms with Crippen LogP contribution in [-0.2, 0) is 7.05 Å². The number of aromatic nitrogens is 4. The third-order valence-corrected chi connectivity index (χ3v) is 4.72. The smallest absolute Gasteiger partial charge is 0.252 e. The Morgan fingerprint density at radius 1 is 1.32 bits per heavy atom. The third kappa shape index (κ3) is 4.82. The molecule has 0 fully saturated rings. The Bertz CT molecular complexity index is 1100. The summed E-state index contributed by atoms with van der Waals surface area (Å²) in [7, 11) is 3.26. The summed E-state index contributed by atoms with van der Waals surface area (Å²) in [6.45, 7) is 4.40. The molecule has 0 aliphatic carbocycles. The average Bonchev–Trinajstić information content (AvgIpc) is 3.04. The number of aryl methyl sites for hydroxylation is 1. The number of rotatable bonds is 9. The Morgan fingerprint density at radius 3 is 2.68 bits per heavy atom. The fraction of sp³-hybridized carbons (Fsp3) is 0.400. The number of nitrogens with one attached hydrogen (secondary N) is 2. The number of methoxy groups -OCH3 is 1. The van der Waals surface area contributed by atoms with Gasteiger partial charge in [-0.3, -0.25) is 4.79 Å². The number of carbonyl (C=O) groups is 1. The normalized spacial score (nSPS) is 12.2. The minimum atomic E-state index is -0.814. The first-order chi connectivity index (χ1) is 14.7. The zero-order chi connectivity index (χ0) is 22.7. The van der Waals surface area contributed by atoms with Crippen molar-refractivity contribution in [1.82, 2.24) is 19.7 Å². The van der Waals surface area contributed by atoms with Crippen LogP contribution in [0.5, 0.6) is 5.88 Å². The average molecular weight is 430 g/mol. The molecule has 3 heterocycles. The maximum absolute atomic E-state index is 14.6. The van der Waals surface area contributed by atoms with Gasteiger partial charge in [0.05, 0.1) is 29.9 Å². The van der Waals surface area contributed by atoms with Gasteiger partial charge in [0.2, 0.25) is 5.88 Å². The first-order valence-electron chi connectivity index (χ1n) is 9.84. The molecule has 1 unspecified atom stereocenters. The largest absolute Gasteiger partial charge is 0.479 e. The van der Waals surface area contributed by atoms with E-state index in [9.17, 15) is 9.18 Å². The van der Waals surface area contributed by atoms with Gasteiger partial charge in [-0.1, -0.05) is 13.8 Å². The van der Waals surface area contributed by atoms with Crippen molar-refractivity contribution < 1.29 is 13.9 Å². The second-order valence-electron chi connectivity index (χ2n) is 7.64. The summed E-state index contributed by atoms with van der Waals surface area (Å²) in [4.78, 5) is 20.5. The van der Waals surface area contributed by atoms with Crippen LogP contribution in [0.4, 0.5) is 21.7 Å². The molecule has 166 valence electrons. The van der Waals surface area contributed by atoms with E-state index in [4.69, 9.17) is 16.2 Å². The molecule has 0 spiro atoms. The standard InChI is InChI=1S/C20H27FN8O2/c1-10(2)5-11(8-22)25-18-15(21)7-13(16(23)30)17(27-18)26-12-6-14-19(24-9-12)29(3)28-20(14)31-4/h6-7,9-11H,5,8,22H2,1-4H3,(H2,23,30)(H2,25,26,27). The lowest BCUT2D eigenvalue weighted by atomic mass is 10.0. The molecule has 1 atom stereocenters. The SMILES string of the molecule is COc1nn(C)c2ncc(Nc3nc(NC(CN)CC(C)C)c(F)cc3C(N)=O)cc12. The van der Waals surface area contributed by atoms with E-state index in [1.54, 1.807) is 24.0 Å². The van der Waals surface area contributed by atoms with E-state index in [1.807, 2.05) is 13.8 Å². The first kappa shape index (κ1) is 22.2. The summed E-state index contributed by atoms with van der Waals surface area (Å²) in [6.07, 6.45) is 2.28. The van der Waals surface area contributed by atoms with Crippen LogP contribution < -0.4 is 26.8 Å². The molecule has 31 heavy (non-hydrogen) atoms. The highest BCUT2D eigenvalue weighted by atomic mass is 19.1. The minimum Gasteiger partial charge on any atom is -0.479 e. The molecule has 0 radical (unpaired) electrons. The molecule has 0 saturated heterocycles. The van der Waals surface area contributed by atoms with Crippen LogP contribution in [0.3, 0.4) is 0 Å². The molecule has 10 nitrogen and oxygen atoms in total. The number of hydrogen-bond acceptors (Lipinski definition) is 8. The Morgan fingerprint density at radius 2 is 2.06 bits per heavy atom. The second kappa shape index (κ2) is 9.13. The lowest BCUT2D eigenvalue weighted by molar-refractivity contribution is 0.100. The van der Waals surface area contributed by atoms with Gasteiger partial charge in [0.1, 0.15) is 5.82 Å². The molecule has 0 aromatic carbocycles. The van der Waals surface area contributed by atoms with Gasteiger partial charge in [0, 0.05) is 19.6 Å². The number of ether oxygens (including phenoxy) is 1. The highest BCUT2D eigenvalue weighted by molar-refractivity contribution is 5.99. The van der Waals surface area contributed by atoms with Gasteiger partial charge in [-0.05, 0) is 24.5 Å². The summed E-state index contributed by atoms with van der Waals surface area (Å²) >= 11 is 0. The van der Waals surface area contributed by atoms with Crippen LogP contribution in [0.1, 0.15) is 30.6 Å². The van der Waals surface area contributed by atoms with Crippen molar-refractivity contribution in [3.8, 4) is 5.88 Å². The number of halogens is 1. The van der Waals surface area contributed by atoms with Crippen molar-refractivity contribution in [2.24, 2.45) is 24.4 Å². The van der Waals surface area contributed by atoms with Crippen LogP contribution in [0.15, 0.2) is 18.3 Å². The van der Waals surface area contributed by atoms with Crippen molar-refractivity contribution in [1.29, 1.82) is 0 Å². The van der Waals surface area contributed by atoms with E-state index >= 15 is 0 Å². The van der Waals surface area contributed by atoms with Crippen molar-refractivity contribution in [3.63, 3.8) is 0 Å². The number of nitrogens with zero attached hydrogens (tertiary/aromatic N) is 4. The number of hydrogen-bond donors (Lipinski definition) is 4. The fourth-order valence-electron chi connectivity index (χ4n) is 3.32. The Hall–Kier alpha value is -3.47. The molecule has 0 aliphatic heterocycles. The molecule has 6 N–H and O–H groups in total. The van der Waals surface area contributed by atoms with Crippen LogP contribution >= 0.6 is 0 Å². The number of carbonyl (C=O) groups excluding carboxylic acids is 1. The summed E-state index contributed by atoms with van der Waals surface area (Å²) < 4.78 is 21.5. The molecule has 1 amide bonds. The summed E-state index contributed by atoms with van der Waals surface area (Å²) in [5.41, 5.74) is 12.3. The van der Waals surface area contributed by atoms with Gasteiger partial charge >= 0.3 is 0 Å². The zero-order valence-corrected chi connectivity index (χ0v) is 17.9. The lowest BCUT2D eigenvalue weighted by Gasteiger charge is -2.21. The Labute approximate surface area is 179 Å². The van der Waals surface area contributed by atoms with Crippen LogP contribution in [0.2, 0.25) is 0 Å². The number of primary amides is 1.